The van der Waals surface area contributed by atoms with Gasteiger partial charge in [-0.25, -0.2) is 13.8 Å². The second-order valence-corrected chi connectivity index (χ2v) is 8.58. The number of carbonyl (C=O) groups is 1. The van der Waals surface area contributed by atoms with Gasteiger partial charge in [0.15, 0.2) is 0 Å². The second kappa shape index (κ2) is 10.0. The van der Waals surface area contributed by atoms with Crippen LogP contribution in [0.15, 0.2) is 49.1 Å². The predicted octanol–water partition coefficient (Wildman–Crippen LogP) is 4.23. The lowest BCUT2D eigenvalue weighted by Crippen LogP contribution is -2.14. The molecule has 4 aromatic rings. The molecule has 3 heterocycles. The Morgan fingerprint density at radius 1 is 1.06 bits per heavy atom. The van der Waals surface area contributed by atoms with E-state index in [2.05, 4.69) is 20.3 Å². The van der Waals surface area contributed by atoms with Crippen molar-refractivity contribution in [1.82, 2.24) is 29.9 Å². The molecule has 1 unspecified atom stereocenters. The Morgan fingerprint density at radius 2 is 1.80 bits per heavy atom. The van der Waals surface area contributed by atoms with E-state index in [9.17, 15) is 13.6 Å². The van der Waals surface area contributed by atoms with Gasteiger partial charge in [0.2, 0.25) is 5.91 Å². The SMILES string of the molecule is CC(C)c1cc(-c2c(F)cccc2F)nnc1C(C)c1cncc(-c2cnn(CCC(N)=O)c2)n1. The molecular weight excluding hydrogens is 452 g/mol. The minimum absolute atomic E-state index is 0.0242. The van der Waals surface area contributed by atoms with Crippen LogP contribution in [0.25, 0.3) is 22.5 Å². The maximum atomic E-state index is 14.3. The molecule has 180 valence electrons. The largest absolute Gasteiger partial charge is 0.370 e. The van der Waals surface area contributed by atoms with Gasteiger partial charge in [-0.15, -0.1) is 0 Å². The quantitative estimate of drug-likeness (QED) is 0.406. The van der Waals surface area contributed by atoms with Crippen molar-refractivity contribution >= 4 is 5.91 Å². The molecule has 1 atom stereocenters. The number of hydrogen-bond donors (Lipinski definition) is 1. The first-order valence-corrected chi connectivity index (χ1v) is 11.2. The van der Waals surface area contributed by atoms with Crippen LogP contribution in [-0.4, -0.2) is 35.9 Å². The highest BCUT2D eigenvalue weighted by atomic mass is 19.1. The Kier molecular flexibility index (Phi) is 6.90. The van der Waals surface area contributed by atoms with Gasteiger partial charge in [0.05, 0.1) is 40.7 Å². The van der Waals surface area contributed by atoms with E-state index < -0.39 is 17.5 Å². The summed E-state index contributed by atoms with van der Waals surface area (Å²) in [6.45, 7) is 6.28. The van der Waals surface area contributed by atoms with Gasteiger partial charge in [-0.1, -0.05) is 26.8 Å². The number of rotatable bonds is 8. The number of nitrogens with two attached hydrogens (primary N) is 1. The van der Waals surface area contributed by atoms with Crippen molar-refractivity contribution in [3.05, 3.63) is 77.6 Å². The molecule has 0 saturated carbocycles. The number of benzene rings is 1. The minimum atomic E-state index is -0.690. The van der Waals surface area contributed by atoms with Crippen LogP contribution in [-0.2, 0) is 11.3 Å². The third-order valence-corrected chi connectivity index (χ3v) is 5.72. The summed E-state index contributed by atoms with van der Waals surface area (Å²) in [4.78, 5) is 20.1. The van der Waals surface area contributed by atoms with Crippen molar-refractivity contribution in [3.63, 3.8) is 0 Å². The average Bonchev–Trinajstić information content (AvgIpc) is 3.31. The topological polar surface area (TPSA) is 112 Å². The van der Waals surface area contributed by atoms with Gasteiger partial charge < -0.3 is 5.73 Å². The molecule has 1 aromatic carbocycles. The summed E-state index contributed by atoms with van der Waals surface area (Å²) in [5, 5.41) is 12.8. The summed E-state index contributed by atoms with van der Waals surface area (Å²) in [6.07, 6.45) is 6.90. The first-order valence-electron chi connectivity index (χ1n) is 11.2. The minimum Gasteiger partial charge on any atom is -0.370 e. The number of nitrogens with zero attached hydrogens (tertiary/aromatic N) is 6. The summed E-state index contributed by atoms with van der Waals surface area (Å²) < 4.78 is 30.3. The van der Waals surface area contributed by atoms with Crippen LogP contribution in [0.3, 0.4) is 0 Å². The highest BCUT2D eigenvalue weighted by molar-refractivity contribution is 5.73. The molecule has 35 heavy (non-hydrogen) atoms. The first kappa shape index (κ1) is 24.1. The molecule has 0 aliphatic carbocycles. The number of halogens is 2. The van der Waals surface area contributed by atoms with Crippen molar-refractivity contribution in [3.8, 4) is 22.5 Å². The summed E-state index contributed by atoms with van der Waals surface area (Å²) >= 11 is 0. The zero-order valence-electron chi connectivity index (χ0n) is 19.6. The van der Waals surface area contributed by atoms with Crippen LogP contribution >= 0.6 is 0 Å². The number of aryl methyl sites for hydroxylation is 1. The van der Waals surface area contributed by atoms with Gasteiger partial charge in [0, 0.05) is 36.8 Å². The summed E-state index contributed by atoms with van der Waals surface area (Å²) in [5.74, 6) is -2.04. The fourth-order valence-corrected chi connectivity index (χ4v) is 3.79. The highest BCUT2D eigenvalue weighted by Crippen LogP contribution is 2.32. The van der Waals surface area contributed by atoms with E-state index >= 15 is 0 Å². The van der Waals surface area contributed by atoms with Crippen molar-refractivity contribution in [1.29, 1.82) is 0 Å². The van der Waals surface area contributed by atoms with Crippen LogP contribution < -0.4 is 5.73 Å². The standard InChI is InChI=1S/C25H25F2N7O/c1-14(2)17-9-20(24-18(26)5-4-6-19(24)27)32-33-25(17)15(3)21-11-29-12-22(31-21)16-10-30-34(13-16)8-7-23(28)35/h4-6,9-15H,7-8H2,1-3H3,(H2,28,35). The van der Waals surface area contributed by atoms with Crippen molar-refractivity contribution in [2.45, 2.75) is 45.6 Å². The van der Waals surface area contributed by atoms with Gasteiger partial charge >= 0.3 is 0 Å². The fraction of sp³-hybridized carbons (Fsp3) is 0.280. The molecule has 0 aliphatic heterocycles. The smallest absolute Gasteiger partial charge is 0.219 e. The molecule has 2 N–H and O–H groups in total. The Labute approximate surface area is 201 Å². The lowest BCUT2D eigenvalue weighted by Gasteiger charge is -2.18. The molecule has 0 aliphatic rings. The number of carbonyl (C=O) groups excluding carboxylic acids is 1. The molecular formula is C25H25F2N7O. The second-order valence-electron chi connectivity index (χ2n) is 8.58. The lowest BCUT2D eigenvalue weighted by molar-refractivity contribution is -0.118. The Hall–Kier alpha value is -4.08. The van der Waals surface area contributed by atoms with Crippen molar-refractivity contribution in [2.75, 3.05) is 0 Å². The summed E-state index contributed by atoms with van der Waals surface area (Å²) in [7, 11) is 0. The molecule has 0 saturated heterocycles. The Bertz CT molecular complexity index is 1350. The summed E-state index contributed by atoms with van der Waals surface area (Å²) in [6, 6.07) is 5.39. The fourth-order valence-electron chi connectivity index (χ4n) is 3.79. The Morgan fingerprint density at radius 3 is 2.49 bits per heavy atom. The first-order chi connectivity index (χ1) is 16.7. The van der Waals surface area contributed by atoms with Gasteiger partial charge in [-0.3, -0.25) is 14.5 Å². The number of amides is 1. The lowest BCUT2D eigenvalue weighted by atomic mass is 9.92. The predicted molar refractivity (Wildman–Crippen MR) is 126 cm³/mol. The Balaban J connectivity index is 1.67. The van der Waals surface area contributed by atoms with Crippen molar-refractivity contribution in [2.24, 2.45) is 5.73 Å². The van der Waals surface area contributed by atoms with Gasteiger partial charge in [-0.2, -0.15) is 15.3 Å². The third-order valence-electron chi connectivity index (χ3n) is 5.72. The maximum Gasteiger partial charge on any atom is 0.219 e. The molecule has 4 rings (SSSR count). The summed E-state index contributed by atoms with van der Waals surface area (Å²) in [5.41, 5.74) is 8.65. The zero-order valence-corrected chi connectivity index (χ0v) is 19.6. The molecule has 0 fully saturated rings. The molecule has 8 nitrogen and oxygen atoms in total. The number of aromatic nitrogens is 6. The molecule has 0 bridgehead atoms. The van der Waals surface area contributed by atoms with Gasteiger partial charge in [-0.05, 0) is 29.7 Å². The molecule has 3 aromatic heterocycles. The van der Waals surface area contributed by atoms with E-state index in [0.29, 0.717) is 23.6 Å². The van der Waals surface area contributed by atoms with Crippen LogP contribution in [0.1, 0.15) is 56.0 Å². The van der Waals surface area contributed by atoms with Crippen molar-refractivity contribution < 1.29 is 13.6 Å². The van der Waals surface area contributed by atoms with E-state index in [1.54, 1.807) is 35.5 Å². The maximum absolute atomic E-state index is 14.3. The molecule has 0 spiro atoms. The van der Waals surface area contributed by atoms with Gasteiger partial charge in [0.1, 0.15) is 11.6 Å². The number of hydrogen-bond acceptors (Lipinski definition) is 6. The van der Waals surface area contributed by atoms with E-state index in [1.807, 2.05) is 20.8 Å². The average molecular weight is 478 g/mol. The van der Waals surface area contributed by atoms with E-state index in [-0.39, 0.29) is 29.5 Å². The van der Waals surface area contributed by atoms with Crippen LogP contribution in [0.4, 0.5) is 8.78 Å². The molecule has 0 radical (unpaired) electrons. The number of primary amides is 1. The zero-order chi connectivity index (χ0) is 25.1. The van der Waals surface area contributed by atoms with Crippen LogP contribution in [0, 0.1) is 11.6 Å². The molecule has 1 amide bonds. The van der Waals surface area contributed by atoms with E-state index in [1.165, 1.54) is 18.2 Å². The highest BCUT2D eigenvalue weighted by Gasteiger charge is 2.22. The van der Waals surface area contributed by atoms with Crippen LogP contribution in [0.5, 0.6) is 0 Å². The van der Waals surface area contributed by atoms with E-state index in [0.717, 1.165) is 11.1 Å². The van der Waals surface area contributed by atoms with Crippen LogP contribution in [0.2, 0.25) is 0 Å². The molecule has 10 heteroatoms. The third kappa shape index (κ3) is 5.21. The van der Waals surface area contributed by atoms with Gasteiger partial charge in [0.25, 0.3) is 0 Å². The monoisotopic (exact) mass is 477 g/mol. The normalized spacial score (nSPS) is 12.2. The van der Waals surface area contributed by atoms with E-state index in [4.69, 9.17) is 10.7 Å².